The molecule has 0 amide bonds. The van der Waals surface area contributed by atoms with Crippen LogP contribution in [0.5, 0.6) is 5.75 Å². The Morgan fingerprint density at radius 1 is 1.17 bits per heavy atom. The van der Waals surface area contributed by atoms with Crippen molar-refractivity contribution in [3.8, 4) is 5.75 Å². The molecule has 0 heterocycles. The summed E-state index contributed by atoms with van der Waals surface area (Å²) >= 11 is 0. The third-order valence-corrected chi connectivity index (χ3v) is 4.40. The highest BCUT2D eigenvalue weighted by Gasteiger charge is 2.33. The maximum Gasteiger partial charge on any atom is 0.416 e. The van der Waals surface area contributed by atoms with Crippen LogP contribution in [0.15, 0.2) is 18.2 Å². The first-order valence-electron chi connectivity index (χ1n) is 5.91. The monoisotopic (exact) mass is 276 g/mol. The number of ether oxygens (including phenoxy) is 1. The molecule has 1 aromatic rings. The predicted octanol–water partition coefficient (Wildman–Crippen LogP) is 4.73. The number of rotatable bonds is 4. The maximum absolute atomic E-state index is 12.7. The minimum atomic E-state index is -4.32. The Morgan fingerprint density at radius 2 is 1.78 bits per heavy atom. The fourth-order valence-corrected chi connectivity index (χ4v) is 2.26. The topological polar surface area (TPSA) is 9.23 Å². The first-order valence-corrected chi connectivity index (χ1v) is 9.61. The van der Waals surface area contributed by atoms with Crippen molar-refractivity contribution in [2.24, 2.45) is 0 Å². The molecule has 0 aliphatic heterocycles. The van der Waals surface area contributed by atoms with Crippen molar-refractivity contribution < 1.29 is 17.9 Å². The molecule has 1 aromatic carbocycles. The molecule has 0 aromatic heterocycles. The van der Waals surface area contributed by atoms with Gasteiger partial charge in [-0.25, -0.2) is 0 Å². The third kappa shape index (κ3) is 4.36. The van der Waals surface area contributed by atoms with Crippen LogP contribution < -0.4 is 4.74 Å². The zero-order chi connectivity index (χ0) is 14.0. The zero-order valence-corrected chi connectivity index (χ0v) is 12.2. The van der Waals surface area contributed by atoms with Gasteiger partial charge in [0, 0.05) is 13.6 Å². The lowest BCUT2D eigenvalue weighted by molar-refractivity contribution is -0.138. The molecule has 0 bridgehead atoms. The van der Waals surface area contributed by atoms with Gasteiger partial charge in [0.25, 0.3) is 0 Å². The molecule has 102 valence electrons. The van der Waals surface area contributed by atoms with E-state index in [9.17, 15) is 13.2 Å². The van der Waals surface area contributed by atoms with Crippen LogP contribution in [-0.2, 0) is 6.18 Å². The minimum absolute atomic E-state index is 0.167. The average molecular weight is 276 g/mol. The van der Waals surface area contributed by atoms with Gasteiger partial charge < -0.3 is 4.74 Å². The molecule has 0 aliphatic carbocycles. The predicted molar refractivity (Wildman–Crippen MR) is 69.8 cm³/mol. The van der Waals surface area contributed by atoms with Gasteiger partial charge in [-0.2, -0.15) is 13.2 Å². The lowest BCUT2D eigenvalue weighted by Crippen LogP contribution is -2.22. The molecule has 0 atom stereocenters. The van der Waals surface area contributed by atoms with Crippen molar-refractivity contribution in [3.05, 3.63) is 29.3 Å². The summed E-state index contributed by atoms with van der Waals surface area (Å²) in [4.78, 5) is 0. The van der Waals surface area contributed by atoms with E-state index in [1.165, 1.54) is 13.0 Å². The largest absolute Gasteiger partial charge is 0.494 e. The van der Waals surface area contributed by atoms with E-state index in [2.05, 4.69) is 19.6 Å². The first-order chi connectivity index (χ1) is 8.11. The summed E-state index contributed by atoms with van der Waals surface area (Å²) < 4.78 is 43.6. The number of alkyl halides is 3. The molecular weight excluding hydrogens is 257 g/mol. The third-order valence-electron chi connectivity index (χ3n) is 2.70. The molecule has 1 rings (SSSR count). The standard InChI is InChI=1S/C13H19F3OSi/c1-10-11(13(14,15)16)6-5-7-12(10)17-8-9-18(2,3)4/h5-7H,8-9H2,1-4H3. The molecule has 0 saturated carbocycles. The van der Waals surface area contributed by atoms with Crippen molar-refractivity contribution in [2.75, 3.05) is 6.61 Å². The smallest absolute Gasteiger partial charge is 0.416 e. The Hall–Kier alpha value is -0.973. The van der Waals surface area contributed by atoms with Crippen molar-refractivity contribution >= 4 is 8.07 Å². The first kappa shape index (κ1) is 15.1. The molecule has 0 saturated heterocycles. The highest BCUT2D eigenvalue weighted by molar-refractivity contribution is 6.76. The lowest BCUT2D eigenvalue weighted by Gasteiger charge is -2.18. The molecule has 0 fully saturated rings. The van der Waals surface area contributed by atoms with Crippen LogP contribution in [0.4, 0.5) is 13.2 Å². The van der Waals surface area contributed by atoms with Gasteiger partial charge in [0.2, 0.25) is 0 Å². The Morgan fingerprint density at radius 3 is 2.28 bits per heavy atom. The molecular formula is C13H19F3OSi. The zero-order valence-electron chi connectivity index (χ0n) is 11.2. The maximum atomic E-state index is 12.7. The van der Waals surface area contributed by atoms with Crippen molar-refractivity contribution in [1.82, 2.24) is 0 Å². The van der Waals surface area contributed by atoms with E-state index in [4.69, 9.17) is 4.74 Å². The summed E-state index contributed by atoms with van der Waals surface area (Å²) in [5, 5.41) is 0. The Bertz CT molecular complexity index is 408. The fourth-order valence-electron chi connectivity index (χ4n) is 1.55. The van der Waals surface area contributed by atoms with Gasteiger partial charge in [-0.3, -0.25) is 0 Å². The normalized spacial score (nSPS) is 12.6. The molecule has 5 heteroatoms. The average Bonchev–Trinajstić information content (AvgIpc) is 2.17. The second-order valence-corrected chi connectivity index (χ2v) is 11.2. The highest BCUT2D eigenvalue weighted by Crippen LogP contribution is 2.35. The van der Waals surface area contributed by atoms with E-state index in [1.54, 1.807) is 6.07 Å². The van der Waals surface area contributed by atoms with Crippen LogP contribution in [0.2, 0.25) is 25.7 Å². The van der Waals surface area contributed by atoms with Crippen LogP contribution in [0.3, 0.4) is 0 Å². The molecule has 0 unspecified atom stereocenters. The van der Waals surface area contributed by atoms with Gasteiger partial charge in [0.1, 0.15) is 5.75 Å². The second-order valence-electron chi connectivity index (χ2n) is 5.59. The molecule has 0 N–H and O–H groups in total. The van der Waals surface area contributed by atoms with Gasteiger partial charge >= 0.3 is 6.18 Å². The summed E-state index contributed by atoms with van der Waals surface area (Å²) in [5.74, 6) is 0.336. The summed E-state index contributed by atoms with van der Waals surface area (Å²) in [7, 11) is -1.23. The van der Waals surface area contributed by atoms with E-state index >= 15 is 0 Å². The summed E-state index contributed by atoms with van der Waals surface area (Å²) in [6.45, 7) is 8.55. The van der Waals surface area contributed by atoms with Crippen molar-refractivity contribution in [3.63, 3.8) is 0 Å². The molecule has 0 radical (unpaired) electrons. The Kier molecular flexibility index (Phi) is 4.48. The minimum Gasteiger partial charge on any atom is -0.494 e. The van der Waals surface area contributed by atoms with Gasteiger partial charge in [-0.15, -0.1) is 0 Å². The number of hydrogen-bond acceptors (Lipinski definition) is 1. The quantitative estimate of drug-likeness (QED) is 0.722. The van der Waals surface area contributed by atoms with Gasteiger partial charge in [-0.1, -0.05) is 25.7 Å². The summed E-state index contributed by atoms with van der Waals surface area (Å²) in [6.07, 6.45) is -4.32. The van der Waals surface area contributed by atoms with E-state index in [0.29, 0.717) is 12.4 Å². The van der Waals surface area contributed by atoms with Gasteiger partial charge in [-0.05, 0) is 25.1 Å². The van der Waals surface area contributed by atoms with Crippen LogP contribution in [0, 0.1) is 6.92 Å². The van der Waals surface area contributed by atoms with Crippen LogP contribution in [-0.4, -0.2) is 14.7 Å². The van der Waals surface area contributed by atoms with Crippen molar-refractivity contribution in [2.45, 2.75) is 38.8 Å². The molecule has 18 heavy (non-hydrogen) atoms. The van der Waals surface area contributed by atoms with E-state index in [1.807, 2.05) is 0 Å². The number of halogens is 3. The van der Waals surface area contributed by atoms with Crippen molar-refractivity contribution in [1.29, 1.82) is 0 Å². The van der Waals surface area contributed by atoms with Gasteiger partial charge in [0.05, 0.1) is 12.2 Å². The Labute approximate surface area is 107 Å². The SMILES string of the molecule is Cc1c(OCC[Si](C)(C)C)cccc1C(F)(F)F. The Balaban J connectivity index is 2.79. The highest BCUT2D eigenvalue weighted by atomic mass is 28.3. The molecule has 1 nitrogen and oxygen atoms in total. The molecule has 0 aliphatic rings. The second kappa shape index (κ2) is 5.34. The van der Waals surface area contributed by atoms with Crippen LogP contribution in [0.25, 0.3) is 0 Å². The van der Waals surface area contributed by atoms with Crippen LogP contribution >= 0.6 is 0 Å². The number of hydrogen-bond donors (Lipinski definition) is 0. The molecule has 0 spiro atoms. The van der Waals surface area contributed by atoms with E-state index in [-0.39, 0.29) is 5.56 Å². The fraction of sp³-hybridized carbons (Fsp3) is 0.538. The summed E-state index contributed by atoms with van der Waals surface area (Å²) in [6, 6.07) is 5.00. The van der Waals surface area contributed by atoms with E-state index < -0.39 is 19.8 Å². The summed E-state index contributed by atoms with van der Waals surface area (Å²) in [5.41, 5.74) is -0.450. The number of benzene rings is 1. The van der Waals surface area contributed by atoms with Crippen LogP contribution in [0.1, 0.15) is 11.1 Å². The lowest BCUT2D eigenvalue weighted by atomic mass is 10.1. The van der Waals surface area contributed by atoms with Gasteiger partial charge in [0.15, 0.2) is 0 Å². The van der Waals surface area contributed by atoms with E-state index in [0.717, 1.165) is 12.1 Å².